The van der Waals surface area contributed by atoms with Crippen molar-refractivity contribution in [3.63, 3.8) is 0 Å². The van der Waals surface area contributed by atoms with Gasteiger partial charge in [-0.25, -0.2) is 0 Å². The van der Waals surface area contributed by atoms with Gasteiger partial charge in [-0.3, -0.25) is 4.90 Å². The fourth-order valence-electron chi connectivity index (χ4n) is 3.61. The van der Waals surface area contributed by atoms with Gasteiger partial charge < -0.3 is 19.5 Å². The van der Waals surface area contributed by atoms with Gasteiger partial charge in [0, 0.05) is 19.6 Å². The molecule has 0 aromatic heterocycles. The lowest BCUT2D eigenvalue weighted by Gasteiger charge is -2.23. The Morgan fingerprint density at radius 2 is 1.93 bits per heavy atom. The highest BCUT2D eigenvalue weighted by Gasteiger charge is 2.15. The summed E-state index contributed by atoms with van der Waals surface area (Å²) >= 11 is 0. The monoisotopic (exact) mass is 376 g/mol. The molecule has 0 radical (unpaired) electrons. The van der Waals surface area contributed by atoms with Crippen molar-refractivity contribution in [3.8, 4) is 11.5 Å². The fraction of sp³-hybridized carbons (Fsp3) is 0.636. The van der Waals surface area contributed by atoms with E-state index in [0.717, 1.165) is 37.3 Å². The van der Waals surface area contributed by atoms with Crippen LogP contribution in [-0.4, -0.2) is 68.0 Å². The Labute approximate surface area is 164 Å². The molecule has 1 aromatic rings. The van der Waals surface area contributed by atoms with Crippen LogP contribution in [0.25, 0.3) is 0 Å². The lowest BCUT2D eigenvalue weighted by atomic mass is 10.2. The average molecular weight is 377 g/mol. The Morgan fingerprint density at radius 3 is 2.56 bits per heavy atom. The second-order valence-electron chi connectivity index (χ2n) is 7.79. The van der Waals surface area contributed by atoms with Crippen molar-refractivity contribution in [3.05, 3.63) is 35.9 Å². The van der Waals surface area contributed by atoms with Crippen molar-refractivity contribution < 1.29 is 14.6 Å². The Hall–Kier alpha value is -1.56. The molecular formula is C22H36N2O3. The van der Waals surface area contributed by atoms with E-state index in [9.17, 15) is 5.11 Å². The maximum Gasteiger partial charge on any atom is 0.161 e. The number of likely N-dealkylation sites (N-methyl/N-ethyl adjacent to an activating group) is 1. The number of aliphatic hydroxyl groups excluding tert-OH is 1. The molecular weight excluding hydrogens is 340 g/mol. The van der Waals surface area contributed by atoms with Crippen molar-refractivity contribution in [2.75, 3.05) is 46.9 Å². The van der Waals surface area contributed by atoms with Crippen molar-refractivity contribution in [2.45, 2.75) is 45.3 Å². The summed E-state index contributed by atoms with van der Waals surface area (Å²) in [5.74, 6) is 1.39. The first-order valence-corrected chi connectivity index (χ1v) is 10.0. The second-order valence-corrected chi connectivity index (χ2v) is 7.79. The minimum absolute atomic E-state index is 0.280. The van der Waals surface area contributed by atoms with Gasteiger partial charge in [0.15, 0.2) is 11.5 Å². The van der Waals surface area contributed by atoms with Crippen molar-refractivity contribution in [1.82, 2.24) is 9.80 Å². The van der Waals surface area contributed by atoms with Gasteiger partial charge in [0.2, 0.25) is 0 Å². The number of β-amino-alcohol motifs (C(OH)–C–C–N with tert-alkyl or cyclic N) is 1. The molecule has 5 nitrogen and oxygen atoms in total. The summed E-state index contributed by atoms with van der Waals surface area (Å²) in [5.41, 5.74) is 2.30. The Kier molecular flexibility index (Phi) is 9.11. The predicted octanol–water partition coefficient (Wildman–Crippen LogP) is 3.32. The summed E-state index contributed by atoms with van der Waals surface area (Å²) in [4.78, 5) is 4.56. The third kappa shape index (κ3) is 7.91. The summed E-state index contributed by atoms with van der Waals surface area (Å²) in [6, 6.07) is 5.99. The van der Waals surface area contributed by atoms with Crippen molar-refractivity contribution in [2.24, 2.45) is 0 Å². The lowest BCUT2D eigenvalue weighted by molar-refractivity contribution is 0.0683. The smallest absolute Gasteiger partial charge is 0.161 e. The van der Waals surface area contributed by atoms with E-state index in [1.54, 1.807) is 7.11 Å². The lowest BCUT2D eigenvalue weighted by Crippen LogP contribution is -2.36. The molecule has 1 aromatic carbocycles. The van der Waals surface area contributed by atoms with E-state index in [2.05, 4.69) is 23.4 Å². The average Bonchev–Trinajstić information content (AvgIpc) is 2.88. The SMILES string of the molecule is C=C(C)CN(C)Cc1ccc(OC[C@@H](O)CN2CCCCCC2)c(OC)c1. The molecule has 1 N–H and O–H groups in total. The minimum Gasteiger partial charge on any atom is -0.493 e. The van der Waals surface area contributed by atoms with Crippen molar-refractivity contribution in [1.29, 1.82) is 0 Å². The first kappa shape index (κ1) is 21.7. The zero-order valence-electron chi connectivity index (χ0n) is 17.2. The molecule has 1 fully saturated rings. The minimum atomic E-state index is -0.491. The van der Waals surface area contributed by atoms with E-state index in [-0.39, 0.29) is 6.61 Å². The third-order valence-corrected chi connectivity index (χ3v) is 4.82. The van der Waals surface area contributed by atoms with Gasteiger partial charge in [-0.1, -0.05) is 31.1 Å². The molecule has 1 aliphatic rings. The van der Waals surface area contributed by atoms with Crippen LogP contribution in [0, 0.1) is 0 Å². The van der Waals surface area contributed by atoms with Gasteiger partial charge in [-0.15, -0.1) is 0 Å². The van der Waals surface area contributed by atoms with Crippen LogP contribution < -0.4 is 9.47 Å². The molecule has 5 heteroatoms. The van der Waals surface area contributed by atoms with Crippen LogP contribution in [0.15, 0.2) is 30.4 Å². The maximum absolute atomic E-state index is 10.4. The van der Waals surface area contributed by atoms with Crippen LogP contribution in [0.5, 0.6) is 11.5 Å². The molecule has 1 saturated heterocycles. The van der Waals surface area contributed by atoms with Crippen LogP contribution in [0.3, 0.4) is 0 Å². The first-order chi connectivity index (χ1) is 13.0. The predicted molar refractivity (Wildman–Crippen MR) is 111 cm³/mol. The molecule has 0 aliphatic carbocycles. The number of hydrogen-bond donors (Lipinski definition) is 1. The van der Waals surface area contributed by atoms with E-state index >= 15 is 0 Å². The quantitative estimate of drug-likeness (QED) is 0.635. The van der Waals surface area contributed by atoms with Gasteiger partial charge >= 0.3 is 0 Å². The zero-order valence-corrected chi connectivity index (χ0v) is 17.2. The maximum atomic E-state index is 10.4. The Morgan fingerprint density at radius 1 is 1.22 bits per heavy atom. The second kappa shape index (κ2) is 11.3. The largest absolute Gasteiger partial charge is 0.493 e. The van der Waals surface area contributed by atoms with E-state index in [4.69, 9.17) is 9.47 Å². The molecule has 0 bridgehead atoms. The van der Waals surface area contributed by atoms with Crippen LogP contribution >= 0.6 is 0 Å². The fourth-order valence-corrected chi connectivity index (χ4v) is 3.61. The zero-order chi connectivity index (χ0) is 19.6. The number of methoxy groups -OCH3 is 1. The summed E-state index contributed by atoms with van der Waals surface area (Å²) in [6.07, 6.45) is 4.56. The van der Waals surface area contributed by atoms with E-state index in [0.29, 0.717) is 18.0 Å². The van der Waals surface area contributed by atoms with Crippen LogP contribution in [0.1, 0.15) is 38.2 Å². The molecule has 0 unspecified atom stereocenters. The summed E-state index contributed by atoms with van der Waals surface area (Å²) in [6.45, 7) is 10.8. The van der Waals surface area contributed by atoms with Crippen LogP contribution in [0.4, 0.5) is 0 Å². The number of likely N-dealkylation sites (tertiary alicyclic amines) is 1. The standard InChI is InChI=1S/C22H36N2O3/c1-18(2)14-23(3)15-19-9-10-21(22(13-19)26-4)27-17-20(25)16-24-11-7-5-6-8-12-24/h9-10,13,20,25H,1,5-8,11-12,14-17H2,2-4H3/t20-/m0/s1. The Bertz CT molecular complexity index is 583. The Balaban J connectivity index is 1.86. The molecule has 0 spiro atoms. The molecule has 27 heavy (non-hydrogen) atoms. The van der Waals surface area contributed by atoms with Gasteiger partial charge in [0.25, 0.3) is 0 Å². The number of benzene rings is 1. The highest BCUT2D eigenvalue weighted by atomic mass is 16.5. The number of aliphatic hydroxyl groups is 1. The highest BCUT2D eigenvalue weighted by molar-refractivity contribution is 5.43. The summed E-state index contributed by atoms with van der Waals surface area (Å²) < 4.78 is 11.4. The molecule has 1 aliphatic heterocycles. The van der Waals surface area contributed by atoms with Gasteiger partial charge in [-0.05, 0) is 57.6 Å². The number of rotatable bonds is 10. The molecule has 1 atom stereocenters. The van der Waals surface area contributed by atoms with E-state index in [1.165, 1.54) is 25.7 Å². The van der Waals surface area contributed by atoms with Gasteiger partial charge in [-0.2, -0.15) is 0 Å². The normalized spacial score (nSPS) is 16.8. The van der Waals surface area contributed by atoms with Gasteiger partial charge in [0.05, 0.1) is 7.11 Å². The number of hydrogen-bond acceptors (Lipinski definition) is 5. The third-order valence-electron chi connectivity index (χ3n) is 4.82. The topological polar surface area (TPSA) is 45.2 Å². The first-order valence-electron chi connectivity index (χ1n) is 10.0. The van der Waals surface area contributed by atoms with E-state index < -0.39 is 6.10 Å². The van der Waals surface area contributed by atoms with Crippen molar-refractivity contribution >= 4 is 0 Å². The molecule has 2 rings (SSSR count). The molecule has 0 amide bonds. The number of ether oxygens (including phenoxy) is 2. The van der Waals surface area contributed by atoms with E-state index in [1.807, 2.05) is 25.1 Å². The summed E-state index contributed by atoms with van der Waals surface area (Å²) in [7, 11) is 3.72. The molecule has 1 heterocycles. The molecule has 152 valence electrons. The van der Waals surface area contributed by atoms with Gasteiger partial charge in [0.1, 0.15) is 12.7 Å². The number of nitrogens with zero attached hydrogens (tertiary/aromatic N) is 2. The van der Waals surface area contributed by atoms with Crippen LogP contribution in [0.2, 0.25) is 0 Å². The molecule has 0 saturated carbocycles. The summed E-state index contributed by atoms with van der Waals surface area (Å²) in [5, 5.41) is 10.4. The van der Waals surface area contributed by atoms with Crippen LogP contribution in [-0.2, 0) is 6.54 Å². The highest BCUT2D eigenvalue weighted by Crippen LogP contribution is 2.28.